The maximum absolute atomic E-state index is 13.6. The smallest absolute Gasteiger partial charge is 0.400 e. The van der Waals surface area contributed by atoms with Crippen molar-refractivity contribution in [2.75, 3.05) is 50.9 Å². The molecule has 0 radical (unpaired) electrons. The average molecular weight is 636 g/mol. The number of quaternary nitrogens is 1. The molecule has 1 aromatic heterocycles. The maximum atomic E-state index is 13.6. The van der Waals surface area contributed by atoms with Crippen molar-refractivity contribution in [3.8, 4) is 0 Å². The number of benzene rings is 1. The van der Waals surface area contributed by atoms with E-state index in [0.29, 0.717) is 34.5 Å². The van der Waals surface area contributed by atoms with Gasteiger partial charge in [-0.15, -0.1) is 0 Å². The molecule has 242 valence electrons. The number of hydrogen-bond acceptors (Lipinski definition) is 8. The number of piperazine rings is 1. The maximum Gasteiger partial charge on any atom is 0.517 e. The van der Waals surface area contributed by atoms with Crippen molar-refractivity contribution < 1.29 is 28.3 Å². The molecule has 6 atom stereocenters. The first kappa shape index (κ1) is 30.7. The number of anilines is 1. The van der Waals surface area contributed by atoms with Crippen LogP contribution in [0.5, 0.6) is 0 Å². The van der Waals surface area contributed by atoms with Gasteiger partial charge in [-0.3, -0.25) is 19.0 Å². The Morgan fingerprint density at radius 1 is 0.956 bits per heavy atom. The first-order valence-electron chi connectivity index (χ1n) is 17.0. The second-order valence-electron chi connectivity index (χ2n) is 14.6. The normalized spacial score (nSPS) is 30.6. The topological polar surface area (TPSA) is 89.0 Å². The van der Waals surface area contributed by atoms with Crippen LogP contribution in [-0.4, -0.2) is 77.7 Å². The number of carbonyl (C=O) groups is 3. The van der Waals surface area contributed by atoms with Crippen LogP contribution in [0.3, 0.4) is 0 Å². The first-order chi connectivity index (χ1) is 21.7. The van der Waals surface area contributed by atoms with E-state index in [1.807, 2.05) is 13.8 Å². The van der Waals surface area contributed by atoms with Crippen molar-refractivity contribution in [3.63, 3.8) is 0 Å². The van der Waals surface area contributed by atoms with Gasteiger partial charge in [0.15, 0.2) is 5.82 Å². The number of imide groups is 1. The molecule has 3 aliphatic carbocycles. The number of likely N-dealkylation sites (tertiary alicyclic amines) is 1. The van der Waals surface area contributed by atoms with Crippen molar-refractivity contribution in [1.29, 1.82) is 0 Å². The number of amides is 2. The Morgan fingerprint density at radius 3 is 2.31 bits per heavy atom. The van der Waals surface area contributed by atoms with Crippen LogP contribution in [0.15, 0.2) is 35.6 Å². The Morgan fingerprint density at radius 2 is 1.62 bits per heavy atom. The van der Waals surface area contributed by atoms with Crippen LogP contribution in [0.1, 0.15) is 65.7 Å². The van der Waals surface area contributed by atoms with Crippen LogP contribution in [0.4, 0.5) is 10.6 Å². The average Bonchev–Trinajstić information content (AvgIpc) is 3.82. The summed E-state index contributed by atoms with van der Waals surface area (Å²) in [6.07, 6.45) is 7.00. The second kappa shape index (κ2) is 12.3. The van der Waals surface area contributed by atoms with Gasteiger partial charge in [0.25, 0.3) is 0 Å². The molecule has 10 heteroatoms. The highest BCUT2D eigenvalue weighted by Gasteiger charge is 2.61. The van der Waals surface area contributed by atoms with Crippen LogP contribution in [0, 0.1) is 35.5 Å². The highest BCUT2D eigenvalue weighted by Crippen LogP contribution is 2.56. The highest BCUT2D eigenvalue weighted by molar-refractivity contribution is 7.13. The third-order valence-electron chi connectivity index (χ3n) is 11.9. The van der Waals surface area contributed by atoms with E-state index in [4.69, 9.17) is 13.8 Å². The Labute approximate surface area is 270 Å². The minimum Gasteiger partial charge on any atom is -0.400 e. The summed E-state index contributed by atoms with van der Waals surface area (Å²) in [4.78, 5) is 44.0. The largest absolute Gasteiger partial charge is 0.517 e. The number of fused-ring (bicyclic) bond motifs is 6. The van der Waals surface area contributed by atoms with Crippen molar-refractivity contribution >= 4 is 45.4 Å². The Hall–Kier alpha value is -2.98. The van der Waals surface area contributed by atoms with Gasteiger partial charge in [0.2, 0.25) is 18.5 Å². The molecule has 9 nitrogen and oxygen atoms in total. The van der Waals surface area contributed by atoms with Gasteiger partial charge in [-0.05, 0) is 99.9 Å². The molecular weight excluding hydrogens is 588 g/mol. The quantitative estimate of drug-likeness (QED) is 0.148. The Kier molecular flexibility index (Phi) is 8.40. The summed E-state index contributed by atoms with van der Waals surface area (Å²) in [5.41, 5.74) is 0.938. The summed E-state index contributed by atoms with van der Waals surface area (Å²) in [5, 5.41) is 1.19. The monoisotopic (exact) mass is 635 g/mol. The van der Waals surface area contributed by atoms with Crippen LogP contribution in [0.2, 0.25) is 0 Å². The van der Waals surface area contributed by atoms with Crippen molar-refractivity contribution in [2.24, 2.45) is 35.5 Å². The molecular formula is C35H47N4O5S+. The molecule has 2 saturated heterocycles. The van der Waals surface area contributed by atoms with Gasteiger partial charge in [0.1, 0.15) is 5.76 Å². The molecule has 2 bridgehead atoms. The molecule has 3 heterocycles. The lowest BCUT2D eigenvalue weighted by Gasteiger charge is -2.47. The molecule has 5 aliphatic rings. The molecule has 2 amide bonds. The van der Waals surface area contributed by atoms with Gasteiger partial charge in [0, 0.05) is 17.8 Å². The van der Waals surface area contributed by atoms with Gasteiger partial charge in [-0.25, -0.2) is 4.79 Å². The van der Waals surface area contributed by atoms with Crippen LogP contribution >= 0.6 is 11.5 Å². The van der Waals surface area contributed by atoms with E-state index in [-0.39, 0.29) is 36.3 Å². The third-order valence-corrected chi connectivity index (χ3v) is 12.7. The summed E-state index contributed by atoms with van der Waals surface area (Å²) in [6, 6.07) is 8.38. The molecule has 3 saturated carbocycles. The van der Waals surface area contributed by atoms with E-state index in [1.165, 1.54) is 21.6 Å². The molecule has 7 rings (SSSR count). The van der Waals surface area contributed by atoms with Gasteiger partial charge >= 0.3 is 6.16 Å². The number of ether oxygens (including phenoxy) is 2. The number of rotatable bonds is 8. The number of aromatic nitrogens is 1. The minimum atomic E-state index is -0.659. The molecule has 0 N–H and O–H groups in total. The number of nitrogens with zero attached hydrogens (tertiary/aromatic N) is 4. The minimum absolute atomic E-state index is 0.0600. The third kappa shape index (κ3) is 5.77. The second-order valence-corrected chi connectivity index (χ2v) is 15.4. The van der Waals surface area contributed by atoms with Crippen molar-refractivity contribution in [3.05, 3.63) is 35.6 Å². The van der Waals surface area contributed by atoms with Crippen molar-refractivity contribution in [1.82, 2.24) is 9.27 Å². The summed E-state index contributed by atoms with van der Waals surface area (Å²) >= 11 is 1.54. The van der Waals surface area contributed by atoms with Gasteiger partial charge in [-0.1, -0.05) is 25.0 Å². The zero-order valence-electron chi connectivity index (χ0n) is 26.9. The Bertz CT molecular complexity index is 1460. The van der Waals surface area contributed by atoms with Crippen LogP contribution < -0.4 is 4.90 Å². The lowest BCUT2D eigenvalue weighted by molar-refractivity contribution is -0.947. The fourth-order valence-corrected chi connectivity index (χ4v) is 9.96. The Balaban J connectivity index is 1.07. The lowest BCUT2D eigenvalue weighted by Crippen LogP contribution is -2.63. The summed E-state index contributed by atoms with van der Waals surface area (Å²) in [6.45, 7) is 10.5. The van der Waals surface area contributed by atoms with Gasteiger partial charge in [0.05, 0.1) is 49.3 Å². The van der Waals surface area contributed by atoms with Gasteiger partial charge in [-0.2, -0.15) is 4.37 Å². The molecule has 2 aliphatic heterocycles. The summed E-state index contributed by atoms with van der Waals surface area (Å²) in [5.74, 6) is 3.15. The molecule has 45 heavy (non-hydrogen) atoms. The zero-order chi connectivity index (χ0) is 31.3. The van der Waals surface area contributed by atoms with E-state index in [9.17, 15) is 14.4 Å². The van der Waals surface area contributed by atoms with E-state index in [2.05, 4.69) is 29.2 Å². The molecule has 1 aromatic carbocycles. The number of carbonyl (C=O) groups excluding carboxylic acids is 3. The first-order valence-corrected chi connectivity index (χ1v) is 17.8. The summed E-state index contributed by atoms with van der Waals surface area (Å²) < 4.78 is 18.0. The van der Waals surface area contributed by atoms with Gasteiger partial charge < -0.3 is 14.4 Å². The van der Waals surface area contributed by atoms with E-state index < -0.39 is 6.16 Å². The lowest BCUT2D eigenvalue weighted by atomic mass is 9.78. The molecule has 0 spiro atoms. The fraction of sp³-hybridized carbons (Fsp3) is 0.657. The van der Waals surface area contributed by atoms with Crippen LogP contribution in [-0.2, 0) is 19.1 Å². The number of allylic oxidation sites excluding steroid dienone is 2. The molecule has 5 fully saturated rings. The molecule has 6 unspecified atom stereocenters. The number of hydrogen-bond donors (Lipinski definition) is 0. The molecule has 2 aromatic rings. The zero-order valence-corrected chi connectivity index (χ0v) is 27.7. The summed E-state index contributed by atoms with van der Waals surface area (Å²) in [7, 11) is 0. The van der Waals surface area contributed by atoms with Crippen LogP contribution in [0.25, 0.3) is 10.1 Å². The SMILES string of the molecule is CC(C)=C(C)OC(=O)OC[N+]1(CC2CCCCC2CN2C(=O)C3C4CCC(C4)C3C2=O)CCN(c2nsc3ccccc23)CC1. The highest BCUT2D eigenvalue weighted by atomic mass is 32.1. The fourth-order valence-electron chi connectivity index (χ4n) is 9.16. The van der Waals surface area contributed by atoms with E-state index >= 15 is 0 Å². The van der Waals surface area contributed by atoms with E-state index in [1.54, 1.807) is 11.8 Å². The van der Waals surface area contributed by atoms with Crippen molar-refractivity contribution in [2.45, 2.75) is 65.7 Å². The predicted octanol–water partition coefficient (Wildman–Crippen LogP) is 6.20. The van der Waals surface area contributed by atoms with E-state index in [0.717, 1.165) is 89.1 Å². The predicted molar refractivity (Wildman–Crippen MR) is 173 cm³/mol. The standard InChI is InChI=1S/C35H47N4O5S/c1-22(2)23(3)44-35(42)43-21-39(16-14-37(15-17-39)32-28-10-6-7-11-29(28)45-36-32)20-27-9-5-4-8-26(27)19-38-33(40)30-24-12-13-25(18-24)31(30)34(38)41/h6-7,10-11,24-27,30-31H,4-5,8-9,12-21H2,1-3H3/q+1.